The molecular weight excluding hydrogens is 400 g/mol. The topological polar surface area (TPSA) is 69.0 Å². The Labute approximate surface area is 185 Å². The van der Waals surface area contributed by atoms with E-state index < -0.39 is 0 Å². The Balaban J connectivity index is 1.48. The van der Waals surface area contributed by atoms with Crippen molar-refractivity contribution < 1.29 is 9.53 Å². The number of nitrogens with one attached hydrogen (secondary N) is 1. The van der Waals surface area contributed by atoms with E-state index in [0.29, 0.717) is 6.42 Å². The van der Waals surface area contributed by atoms with Gasteiger partial charge in [0.15, 0.2) is 5.78 Å². The molecular formula is C26H22N4O2. The summed E-state index contributed by atoms with van der Waals surface area (Å²) in [5.74, 6) is 1.86. The van der Waals surface area contributed by atoms with Crippen molar-refractivity contribution in [1.82, 2.24) is 14.5 Å². The Kier molecular flexibility index (Phi) is 4.31. The fourth-order valence-corrected chi connectivity index (χ4v) is 4.99. The van der Waals surface area contributed by atoms with E-state index in [1.165, 1.54) is 0 Å². The van der Waals surface area contributed by atoms with Gasteiger partial charge < -0.3 is 10.1 Å². The third-order valence-electron chi connectivity index (χ3n) is 6.49. The van der Waals surface area contributed by atoms with Crippen LogP contribution in [0.5, 0.6) is 5.75 Å². The highest BCUT2D eigenvalue weighted by atomic mass is 16.5. The van der Waals surface area contributed by atoms with Crippen molar-refractivity contribution in [3.8, 4) is 5.75 Å². The highest BCUT2D eigenvalue weighted by Gasteiger charge is 2.39. The molecule has 6 heteroatoms. The number of para-hydroxylation sites is 2. The number of benzene rings is 2. The van der Waals surface area contributed by atoms with Gasteiger partial charge in [-0.1, -0.05) is 30.3 Å². The number of aromatic nitrogens is 3. The lowest BCUT2D eigenvalue weighted by Gasteiger charge is -2.36. The first kappa shape index (κ1) is 18.8. The van der Waals surface area contributed by atoms with Crippen molar-refractivity contribution >= 4 is 22.8 Å². The van der Waals surface area contributed by atoms with Gasteiger partial charge in [0.2, 0.25) is 5.95 Å². The first-order chi connectivity index (χ1) is 15.7. The molecule has 0 saturated carbocycles. The van der Waals surface area contributed by atoms with E-state index in [2.05, 4.69) is 33.1 Å². The van der Waals surface area contributed by atoms with Gasteiger partial charge in [-0.25, -0.2) is 4.98 Å². The molecule has 0 spiro atoms. The fourth-order valence-electron chi connectivity index (χ4n) is 4.99. The minimum absolute atomic E-state index is 0.116. The molecule has 0 radical (unpaired) electrons. The number of hydrogen-bond acceptors (Lipinski definition) is 5. The summed E-state index contributed by atoms with van der Waals surface area (Å²) in [4.78, 5) is 22.8. The van der Waals surface area contributed by atoms with Crippen LogP contribution in [0.2, 0.25) is 0 Å². The van der Waals surface area contributed by atoms with E-state index in [0.717, 1.165) is 51.5 Å². The van der Waals surface area contributed by atoms with Gasteiger partial charge in [-0.3, -0.25) is 14.3 Å². The number of rotatable bonds is 3. The molecule has 2 aliphatic rings. The summed E-state index contributed by atoms with van der Waals surface area (Å²) in [6.07, 6.45) is 4.84. The summed E-state index contributed by atoms with van der Waals surface area (Å²) >= 11 is 0. The monoisotopic (exact) mass is 422 g/mol. The molecule has 0 fully saturated rings. The smallest absolute Gasteiger partial charge is 0.209 e. The van der Waals surface area contributed by atoms with E-state index in [9.17, 15) is 4.79 Å². The van der Waals surface area contributed by atoms with Gasteiger partial charge in [0, 0.05) is 30.1 Å². The van der Waals surface area contributed by atoms with Gasteiger partial charge in [0.25, 0.3) is 0 Å². The molecule has 0 unspecified atom stereocenters. The number of anilines is 1. The molecule has 1 N–H and O–H groups in total. The first-order valence-electron chi connectivity index (χ1n) is 10.8. The number of ether oxygens (including phenoxy) is 1. The summed E-state index contributed by atoms with van der Waals surface area (Å²) in [7, 11) is 1.66. The van der Waals surface area contributed by atoms with Gasteiger partial charge in [-0.2, -0.15) is 0 Å². The third kappa shape index (κ3) is 2.91. The van der Waals surface area contributed by atoms with Crippen molar-refractivity contribution in [3.05, 3.63) is 95.5 Å². The molecule has 0 saturated heterocycles. The Bertz CT molecular complexity index is 1360. The quantitative estimate of drug-likeness (QED) is 0.511. The van der Waals surface area contributed by atoms with Crippen molar-refractivity contribution in [3.63, 3.8) is 0 Å². The lowest BCUT2D eigenvalue weighted by atomic mass is 9.78. The molecule has 6 rings (SSSR count). The number of imidazole rings is 1. The summed E-state index contributed by atoms with van der Waals surface area (Å²) in [5, 5.41) is 3.51. The van der Waals surface area contributed by atoms with Crippen LogP contribution in [0.15, 0.2) is 84.3 Å². The van der Waals surface area contributed by atoms with Crippen molar-refractivity contribution in [2.24, 2.45) is 0 Å². The van der Waals surface area contributed by atoms with E-state index in [-0.39, 0.29) is 17.7 Å². The number of fused-ring (bicyclic) bond motifs is 3. The molecule has 6 nitrogen and oxygen atoms in total. The first-order valence-corrected chi connectivity index (χ1v) is 10.8. The van der Waals surface area contributed by atoms with Crippen LogP contribution in [0.4, 0.5) is 5.95 Å². The Morgan fingerprint density at radius 3 is 2.62 bits per heavy atom. The summed E-state index contributed by atoms with van der Waals surface area (Å²) in [5.41, 5.74) is 5.81. The molecule has 3 heterocycles. The van der Waals surface area contributed by atoms with Gasteiger partial charge in [-0.05, 0) is 53.8 Å². The second-order valence-corrected chi connectivity index (χ2v) is 8.30. The largest absolute Gasteiger partial charge is 0.497 e. The number of carbonyl (C=O) groups is 1. The van der Waals surface area contributed by atoms with E-state index in [1.807, 2.05) is 48.7 Å². The normalized spacial score (nSPS) is 20.0. The van der Waals surface area contributed by atoms with Gasteiger partial charge >= 0.3 is 0 Å². The zero-order valence-electron chi connectivity index (χ0n) is 17.7. The molecule has 2 aromatic heterocycles. The average Bonchev–Trinajstić information content (AvgIpc) is 3.21. The number of Topliss-reactive ketones (excluding diaryl/α,β-unsaturated/α-hetero) is 1. The van der Waals surface area contributed by atoms with Crippen LogP contribution in [0.3, 0.4) is 0 Å². The molecule has 1 aliphatic carbocycles. The minimum Gasteiger partial charge on any atom is -0.497 e. The fraction of sp³-hybridized carbons (Fsp3) is 0.192. The number of ketones is 1. The van der Waals surface area contributed by atoms with Crippen LogP contribution < -0.4 is 10.1 Å². The minimum atomic E-state index is -0.244. The molecule has 1 aliphatic heterocycles. The number of allylic oxidation sites excluding steroid dienone is 2. The Morgan fingerprint density at radius 2 is 1.84 bits per heavy atom. The third-order valence-corrected chi connectivity index (χ3v) is 6.49. The average molecular weight is 422 g/mol. The maximum absolute atomic E-state index is 13.6. The maximum Gasteiger partial charge on any atom is 0.209 e. The summed E-state index contributed by atoms with van der Waals surface area (Å²) in [6, 6.07) is 19.8. The van der Waals surface area contributed by atoms with Crippen LogP contribution >= 0.6 is 0 Å². The molecule has 2 aromatic carbocycles. The van der Waals surface area contributed by atoms with Crippen LogP contribution in [0.25, 0.3) is 11.0 Å². The van der Waals surface area contributed by atoms with Crippen LogP contribution in [0, 0.1) is 0 Å². The number of pyridine rings is 1. The van der Waals surface area contributed by atoms with Crippen LogP contribution in [-0.4, -0.2) is 27.4 Å². The second kappa shape index (κ2) is 7.34. The lowest BCUT2D eigenvalue weighted by molar-refractivity contribution is -0.116. The maximum atomic E-state index is 13.6. The zero-order valence-corrected chi connectivity index (χ0v) is 17.7. The number of methoxy groups -OCH3 is 1. The van der Waals surface area contributed by atoms with Gasteiger partial charge in [0.05, 0.1) is 24.2 Å². The highest BCUT2D eigenvalue weighted by molar-refractivity contribution is 6.01. The van der Waals surface area contributed by atoms with Crippen molar-refractivity contribution in [2.75, 3.05) is 12.4 Å². The SMILES string of the molecule is COc1ccc([C@H]2CC(=O)C3=C(C2)Nc2nc4ccccc4n2[C@@H]3c2cccnc2)cc1. The number of carbonyl (C=O) groups excluding carboxylic acids is 1. The highest BCUT2D eigenvalue weighted by Crippen LogP contribution is 2.45. The van der Waals surface area contributed by atoms with E-state index in [1.54, 1.807) is 13.3 Å². The molecule has 4 aromatic rings. The van der Waals surface area contributed by atoms with E-state index in [4.69, 9.17) is 9.72 Å². The molecule has 0 bridgehead atoms. The van der Waals surface area contributed by atoms with E-state index >= 15 is 0 Å². The predicted molar refractivity (Wildman–Crippen MR) is 123 cm³/mol. The number of nitrogens with zero attached hydrogens (tertiary/aromatic N) is 3. The standard InChI is InChI=1S/C26H22N4O2/c1-32-19-10-8-16(9-11-19)18-13-21-24(23(31)14-18)25(17-5-4-12-27-15-17)30-22-7-3-2-6-20(22)28-26(30)29-21/h2-12,15,18,25H,13-14H2,1H3,(H,28,29)/t18-,25-/m1/s1. The van der Waals surface area contributed by atoms with Crippen LogP contribution in [-0.2, 0) is 4.79 Å². The second-order valence-electron chi connectivity index (χ2n) is 8.30. The Hall–Kier alpha value is -3.93. The van der Waals surface area contributed by atoms with Gasteiger partial charge in [-0.15, -0.1) is 0 Å². The molecule has 0 amide bonds. The Morgan fingerprint density at radius 1 is 1.00 bits per heavy atom. The molecule has 32 heavy (non-hydrogen) atoms. The van der Waals surface area contributed by atoms with Crippen molar-refractivity contribution in [2.45, 2.75) is 24.8 Å². The predicted octanol–water partition coefficient (Wildman–Crippen LogP) is 4.86. The zero-order chi connectivity index (χ0) is 21.7. The van der Waals surface area contributed by atoms with Crippen molar-refractivity contribution in [1.29, 1.82) is 0 Å². The lowest BCUT2D eigenvalue weighted by Crippen LogP contribution is -2.33. The summed E-state index contributed by atoms with van der Waals surface area (Å²) in [6.45, 7) is 0. The molecule has 158 valence electrons. The summed E-state index contributed by atoms with van der Waals surface area (Å²) < 4.78 is 7.42. The van der Waals surface area contributed by atoms with Crippen LogP contribution in [0.1, 0.15) is 35.9 Å². The van der Waals surface area contributed by atoms with Gasteiger partial charge in [0.1, 0.15) is 5.75 Å². The number of hydrogen-bond donors (Lipinski definition) is 1. The molecule has 2 atom stereocenters.